The topological polar surface area (TPSA) is 12.0 Å². The van der Waals surface area contributed by atoms with E-state index in [9.17, 15) is 0 Å². The summed E-state index contributed by atoms with van der Waals surface area (Å²) in [4.78, 5) is 0. The van der Waals surface area contributed by atoms with E-state index in [1.807, 2.05) is 0 Å². The fraction of sp³-hybridized carbons (Fsp3) is 1.00. The maximum atomic E-state index is 3.64. The van der Waals surface area contributed by atoms with Gasteiger partial charge in [0.05, 0.1) is 0 Å². The first kappa shape index (κ1) is 10.4. The summed E-state index contributed by atoms with van der Waals surface area (Å²) in [7, 11) is 0. The van der Waals surface area contributed by atoms with Crippen LogP contribution in [0.5, 0.6) is 0 Å². The van der Waals surface area contributed by atoms with Crippen molar-refractivity contribution in [3.8, 4) is 0 Å². The second-order valence-corrected chi connectivity index (χ2v) is 5.25. The molecule has 1 aliphatic rings. The Morgan fingerprint density at radius 3 is 2.58 bits per heavy atom. The number of hydrogen-bond acceptors (Lipinski definition) is 2. The van der Waals surface area contributed by atoms with Crippen molar-refractivity contribution in [2.24, 2.45) is 5.92 Å². The zero-order valence-corrected chi connectivity index (χ0v) is 9.12. The molecule has 0 bridgehead atoms. The summed E-state index contributed by atoms with van der Waals surface area (Å²) in [5.41, 5.74) is 0. The van der Waals surface area contributed by atoms with Gasteiger partial charge in [-0.3, -0.25) is 0 Å². The van der Waals surface area contributed by atoms with Crippen LogP contribution >= 0.6 is 11.8 Å². The number of hydrogen-bond donors (Lipinski definition) is 1. The molecule has 1 fully saturated rings. The van der Waals surface area contributed by atoms with Gasteiger partial charge in [-0.1, -0.05) is 13.8 Å². The summed E-state index contributed by atoms with van der Waals surface area (Å²) in [5.74, 6) is 3.56. The van der Waals surface area contributed by atoms with Gasteiger partial charge in [-0.25, -0.2) is 0 Å². The zero-order chi connectivity index (χ0) is 8.81. The van der Waals surface area contributed by atoms with Crippen molar-refractivity contribution in [1.29, 1.82) is 0 Å². The first-order valence-corrected chi connectivity index (χ1v) is 6.25. The first-order chi connectivity index (χ1) is 5.79. The molecule has 0 aliphatic carbocycles. The van der Waals surface area contributed by atoms with Crippen molar-refractivity contribution in [2.75, 3.05) is 18.1 Å². The monoisotopic (exact) mass is 187 g/mol. The Balaban J connectivity index is 1.98. The number of thioether (sulfide) groups is 1. The van der Waals surface area contributed by atoms with Gasteiger partial charge in [-0.15, -0.1) is 0 Å². The fourth-order valence-corrected chi connectivity index (χ4v) is 2.58. The summed E-state index contributed by atoms with van der Waals surface area (Å²) >= 11 is 2.10. The lowest BCUT2D eigenvalue weighted by Gasteiger charge is -2.22. The maximum Gasteiger partial charge on any atom is 0.00827 e. The van der Waals surface area contributed by atoms with E-state index >= 15 is 0 Å². The third-order valence-electron chi connectivity index (χ3n) is 2.38. The van der Waals surface area contributed by atoms with Gasteiger partial charge >= 0.3 is 0 Å². The molecule has 1 heterocycles. The predicted molar refractivity (Wildman–Crippen MR) is 57.8 cm³/mol. The van der Waals surface area contributed by atoms with Crippen LogP contribution < -0.4 is 5.32 Å². The summed E-state index contributed by atoms with van der Waals surface area (Å²) in [6, 6.07) is 0.824. The van der Waals surface area contributed by atoms with Crippen molar-refractivity contribution >= 4 is 11.8 Å². The molecule has 72 valence electrons. The van der Waals surface area contributed by atoms with Crippen molar-refractivity contribution in [2.45, 2.75) is 39.2 Å². The third kappa shape index (κ3) is 4.36. The van der Waals surface area contributed by atoms with Gasteiger partial charge < -0.3 is 5.32 Å². The Hall–Kier alpha value is 0.310. The van der Waals surface area contributed by atoms with Crippen LogP contribution in [0.2, 0.25) is 0 Å². The SMILES string of the molecule is CC(C)CCNC1CCSCC1. The lowest BCUT2D eigenvalue weighted by atomic mass is 10.1. The van der Waals surface area contributed by atoms with Crippen molar-refractivity contribution in [3.05, 3.63) is 0 Å². The summed E-state index contributed by atoms with van der Waals surface area (Å²) in [6.45, 7) is 5.80. The van der Waals surface area contributed by atoms with Crippen LogP contribution in [-0.4, -0.2) is 24.1 Å². The highest BCUT2D eigenvalue weighted by atomic mass is 32.2. The van der Waals surface area contributed by atoms with Gasteiger partial charge in [-0.05, 0) is 43.2 Å². The standard InChI is InChI=1S/C10H21NS/c1-9(2)3-6-11-10-4-7-12-8-5-10/h9-11H,3-8H2,1-2H3. The number of rotatable bonds is 4. The summed E-state index contributed by atoms with van der Waals surface area (Å²) in [5, 5.41) is 3.64. The van der Waals surface area contributed by atoms with E-state index in [1.165, 1.54) is 37.3 Å². The first-order valence-electron chi connectivity index (χ1n) is 5.10. The minimum Gasteiger partial charge on any atom is -0.314 e. The molecule has 1 rings (SSSR count). The van der Waals surface area contributed by atoms with E-state index < -0.39 is 0 Å². The van der Waals surface area contributed by atoms with Gasteiger partial charge in [-0.2, -0.15) is 11.8 Å². The van der Waals surface area contributed by atoms with E-state index in [0.29, 0.717) is 0 Å². The molecule has 0 amide bonds. The minimum absolute atomic E-state index is 0.824. The zero-order valence-electron chi connectivity index (χ0n) is 8.31. The molecule has 2 heteroatoms. The Labute approximate surface area is 80.7 Å². The molecule has 0 atom stereocenters. The van der Waals surface area contributed by atoms with E-state index in [0.717, 1.165) is 12.0 Å². The van der Waals surface area contributed by atoms with E-state index in [1.54, 1.807) is 0 Å². The molecule has 0 radical (unpaired) electrons. The maximum absolute atomic E-state index is 3.64. The Morgan fingerprint density at radius 2 is 2.00 bits per heavy atom. The van der Waals surface area contributed by atoms with Crippen LogP contribution in [-0.2, 0) is 0 Å². The Kier molecular flexibility index (Phi) is 5.08. The Morgan fingerprint density at radius 1 is 1.33 bits per heavy atom. The normalized spacial score (nSPS) is 20.2. The lowest BCUT2D eigenvalue weighted by molar-refractivity contribution is 0.448. The predicted octanol–water partition coefficient (Wildman–Crippen LogP) is 2.52. The van der Waals surface area contributed by atoms with E-state index in [2.05, 4.69) is 30.9 Å². The second kappa shape index (κ2) is 5.87. The molecule has 0 unspecified atom stereocenters. The van der Waals surface area contributed by atoms with Crippen molar-refractivity contribution in [3.63, 3.8) is 0 Å². The van der Waals surface area contributed by atoms with Gasteiger partial charge in [0.15, 0.2) is 0 Å². The third-order valence-corrected chi connectivity index (χ3v) is 3.42. The molecule has 1 saturated heterocycles. The van der Waals surface area contributed by atoms with Crippen molar-refractivity contribution < 1.29 is 0 Å². The second-order valence-electron chi connectivity index (χ2n) is 4.02. The van der Waals surface area contributed by atoms with Gasteiger partial charge in [0.1, 0.15) is 0 Å². The molecule has 0 aromatic rings. The molecule has 1 nitrogen and oxygen atoms in total. The molecule has 0 aromatic carbocycles. The highest BCUT2D eigenvalue weighted by Gasteiger charge is 2.11. The molecular weight excluding hydrogens is 166 g/mol. The quantitative estimate of drug-likeness (QED) is 0.726. The largest absolute Gasteiger partial charge is 0.314 e. The highest BCUT2D eigenvalue weighted by molar-refractivity contribution is 7.99. The fourth-order valence-electron chi connectivity index (χ4n) is 1.48. The molecule has 0 saturated carbocycles. The van der Waals surface area contributed by atoms with Gasteiger partial charge in [0.2, 0.25) is 0 Å². The van der Waals surface area contributed by atoms with Gasteiger partial charge in [0.25, 0.3) is 0 Å². The molecular formula is C10H21NS. The lowest BCUT2D eigenvalue weighted by Crippen LogP contribution is -2.33. The molecule has 12 heavy (non-hydrogen) atoms. The highest BCUT2D eigenvalue weighted by Crippen LogP contribution is 2.16. The summed E-state index contributed by atoms with van der Waals surface area (Å²) in [6.07, 6.45) is 4.08. The Bertz CT molecular complexity index is 108. The average molecular weight is 187 g/mol. The van der Waals surface area contributed by atoms with E-state index in [4.69, 9.17) is 0 Å². The smallest absolute Gasteiger partial charge is 0.00827 e. The van der Waals surface area contributed by atoms with Crippen LogP contribution in [0.4, 0.5) is 0 Å². The molecule has 0 aromatic heterocycles. The molecule has 0 spiro atoms. The molecule has 1 aliphatic heterocycles. The average Bonchev–Trinajstić information content (AvgIpc) is 2.05. The van der Waals surface area contributed by atoms with Crippen LogP contribution in [0.3, 0.4) is 0 Å². The van der Waals surface area contributed by atoms with E-state index in [-0.39, 0.29) is 0 Å². The van der Waals surface area contributed by atoms with Crippen LogP contribution in [0.15, 0.2) is 0 Å². The number of nitrogens with one attached hydrogen (secondary N) is 1. The van der Waals surface area contributed by atoms with Crippen LogP contribution in [0.1, 0.15) is 33.1 Å². The van der Waals surface area contributed by atoms with Gasteiger partial charge in [0, 0.05) is 6.04 Å². The van der Waals surface area contributed by atoms with Crippen LogP contribution in [0, 0.1) is 5.92 Å². The minimum atomic E-state index is 0.824. The molecule has 1 N–H and O–H groups in total. The summed E-state index contributed by atoms with van der Waals surface area (Å²) < 4.78 is 0. The van der Waals surface area contributed by atoms with Crippen LogP contribution in [0.25, 0.3) is 0 Å². The van der Waals surface area contributed by atoms with Crippen molar-refractivity contribution in [1.82, 2.24) is 5.32 Å².